The molecule has 3 aromatic heterocycles. The fraction of sp³-hybridized carbons (Fsp3) is 0.438. The lowest BCUT2D eigenvalue weighted by Gasteiger charge is -2.23. The Morgan fingerprint density at radius 3 is 3.13 bits per heavy atom. The molecule has 0 spiro atoms. The SMILES string of the molecule is Cc1ncccc1Cc1nnnn1CC1CCc2nccn2C1. The Balaban J connectivity index is 1.49. The molecule has 0 fully saturated rings. The summed E-state index contributed by atoms with van der Waals surface area (Å²) in [5, 5.41) is 12.3. The molecule has 7 heteroatoms. The van der Waals surface area contributed by atoms with Crippen LogP contribution < -0.4 is 0 Å². The third-order valence-electron chi connectivity index (χ3n) is 4.53. The highest BCUT2D eigenvalue weighted by atomic mass is 15.5. The highest BCUT2D eigenvalue weighted by molar-refractivity contribution is 5.21. The van der Waals surface area contributed by atoms with E-state index in [4.69, 9.17) is 0 Å². The summed E-state index contributed by atoms with van der Waals surface area (Å²) in [6, 6.07) is 4.04. The van der Waals surface area contributed by atoms with Gasteiger partial charge in [0.1, 0.15) is 5.82 Å². The minimum Gasteiger partial charge on any atom is -0.335 e. The Kier molecular flexibility index (Phi) is 3.61. The Bertz CT molecular complexity index is 804. The first-order valence-electron chi connectivity index (χ1n) is 7.95. The summed E-state index contributed by atoms with van der Waals surface area (Å²) in [5.41, 5.74) is 2.20. The molecule has 23 heavy (non-hydrogen) atoms. The van der Waals surface area contributed by atoms with Crippen LogP contribution in [-0.4, -0.2) is 34.7 Å². The number of pyridine rings is 1. The molecule has 0 amide bonds. The molecule has 0 saturated carbocycles. The Morgan fingerprint density at radius 1 is 1.26 bits per heavy atom. The smallest absolute Gasteiger partial charge is 0.155 e. The number of hydrogen-bond acceptors (Lipinski definition) is 5. The minimum atomic E-state index is 0.536. The summed E-state index contributed by atoms with van der Waals surface area (Å²) in [6.07, 6.45) is 8.62. The van der Waals surface area contributed by atoms with Gasteiger partial charge in [0.05, 0.1) is 0 Å². The normalized spacial score (nSPS) is 17.2. The van der Waals surface area contributed by atoms with E-state index in [-0.39, 0.29) is 0 Å². The van der Waals surface area contributed by atoms with E-state index in [1.807, 2.05) is 30.1 Å². The highest BCUT2D eigenvalue weighted by Gasteiger charge is 2.21. The van der Waals surface area contributed by atoms with Gasteiger partial charge in [0.2, 0.25) is 0 Å². The highest BCUT2D eigenvalue weighted by Crippen LogP contribution is 2.20. The molecule has 0 radical (unpaired) electrons. The van der Waals surface area contributed by atoms with Gasteiger partial charge in [0.15, 0.2) is 5.82 Å². The standard InChI is InChI=1S/C16H19N7/c1-12-14(3-2-6-17-12)9-16-19-20-21-23(16)11-13-4-5-15-18-7-8-22(15)10-13/h2-3,6-8,13H,4-5,9-11H2,1H3. The molecule has 118 valence electrons. The lowest BCUT2D eigenvalue weighted by atomic mass is 9.99. The van der Waals surface area contributed by atoms with Crippen molar-refractivity contribution >= 4 is 0 Å². The van der Waals surface area contributed by atoms with E-state index in [0.29, 0.717) is 5.92 Å². The van der Waals surface area contributed by atoms with Crippen LogP contribution in [0.3, 0.4) is 0 Å². The van der Waals surface area contributed by atoms with E-state index in [0.717, 1.165) is 43.9 Å². The van der Waals surface area contributed by atoms with Gasteiger partial charge in [-0.2, -0.15) is 0 Å². The molecule has 0 N–H and O–H groups in total. The second-order valence-electron chi connectivity index (χ2n) is 6.10. The van der Waals surface area contributed by atoms with Crippen LogP contribution in [0.25, 0.3) is 0 Å². The molecule has 0 aromatic carbocycles. The largest absolute Gasteiger partial charge is 0.335 e. The molecule has 1 aliphatic heterocycles. The van der Waals surface area contributed by atoms with Gasteiger partial charge >= 0.3 is 0 Å². The maximum absolute atomic E-state index is 4.38. The molecule has 0 aliphatic carbocycles. The molecular formula is C16H19N7. The van der Waals surface area contributed by atoms with Crippen LogP contribution in [0.1, 0.15) is 29.3 Å². The predicted octanol–water partition coefficient (Wildman–Crippen LogP) is 1.43. The number of imidazole rings is 1. The average molecular weight is 309 g/mol. The molecule has 1 atom stereocenters. The quantitative estimate of drug-likeness (QED) is 0.729. The van der Waals surface area contributed by atoms with Gasteiger partial charge in [0.25, 0.3) is 0 Å². The van der Waals surface area contributed by atoms with Gasteiger partial charge in [-0.1, -0.05) is 6.07 Å². The number of hydrogen-bond donors (Lipinski definition) is 0. The van der Waals surface area contributed by atoms with Crippen LogP contribution in [0.4, 0.5) is 0 Å². The van der Waals surface area contributed by atoms with Gasteiger partial charge in [-0.15, -0.1) is 5.10 Å². The minimum absolute atomic E-state index is 0.536. The molecule has 7 nitrogen and oxygen atoms in total. The van der Waals surface area contributed by atoms with Crippen molar-refractivity contribution in [2.75, 3.05) is 0 Å². The van der Waals surface area contributed by atoms with Crippen molar-refractivity contribution in [3.05, 3.63) is 53.6 Å². The van der Waals surface area contributed by atoms with Crippen LogP contribution in [0, 0.1) is 12.8 Å². The van der Waals surface area contributed by atoms with E-state index in [1.54, 1.807) is 0 Å². The zero-order valence-corrected chi connectivity index (χ0v) is 13.1. The van der Waals surface area contributed by atoms with E-state index in [9.17, 15) is 0 Å². The second kappa shape index (κ2) is 5.91. The molecule has 3 aromatic rings. The first-order chi connectivity index (χ1) is 11.3. The second-order valence-corrected chi connectivity index (χ2v) is 6.10. The molecule has 0 saturated heterocycles. The van der Waals surface area contributed by atoms with Crippen molar-refractivity contribution in [2.45, 2.75) is 39.3 Å². The van der Waals surface area contributed by atoms with Crippen molar-refractivity contribution in [3.8, 4) is 0 Å². The number of fused-ring (bicyclic) bond motifs is 1. The van der Waals surface area contributed by atoms with E-state index in [2.05, 4.69) is 42.3 Å². The van der Waals surface area contributed by atoms with Gasteiger partial charge < -0.3 is 4.57 Å². The zero-order valence-electron chi connectivity index (χ0n) is 13.1. The molecular weight excluding hydrogens is 290 g/mol. The molecule has 1 unspecified atom stereocenters. The summed E-state index contributed by atoms with van der Waals surface area (Å²) < 4.78 is 4.18. The third-order valence-corrected chi connectivity index (χ3v) is 4.53. The van der Waals surface area contributed by atoms with Gasteiger partial charge in [0, 0.05) is 50.2 Å². The van der Waals surface area contributed by atoms with Crippen molar-refractivity contribution in [1.82, 2.24) is 34.7 Å². The number of nitrogens with zero attached hydrogens (tertiary/aromatic N) is 7. The van der Waals surface area contributed by atoms with Crippen LogP contribution in [0.2, 0.25) is 0 Å². The summed E-state index contributed by atoms with van der Waals surface area (Å²) in [5.74, 6) is 2.62. The molecule has 1 aliphatic rings. The number of aromatic nitrogens is 7. The number of rotatable bonds is 4. The summed E-state index contributed by atoms with van der Waals surface area (Å²) in [6.45, 7) is 3.85. The maximum Gasteiger partial charge on any atom is 0.155 e. The van der Waals surface area contributed by atoms with Crippen LogP contribution >= 0.6 is 0 Å². The first-order valence-corrected chi connectivity index (χ1v) is 7.95. The van der Waals surface area contributed by atoms with Crippen LogP contribution in [0.15, 0.2) is 30.7 Å². The van der Waals surface area contributed by atoms with Crippen molar-refractivity contribution in [3.63, 3.8) is 0 Å². The van der Waals surface area contributed by atoms with Gasteiger partial charge in [-0.05, 0) is 41.3 Å². The van der Waals surface area contributed by atoms with Crippen molar-refractivity contribution in [2.24, 2.45) is 5.92 Å². The fourth-order valence-corrected chi connectivity index (χ4v) is 3.20. The molecule has 4 heterocycles. The van der Waals surface area contributed by atoms with Crippen LogP contribution in [0.5, 0.6) is 0 Å². The van der Waals surface area contributed by atoms with Gasteiger partial charge in [-0.25, -0.2) is 9.67 Å². The molecule has 0 bridgehead atoms. The van der Waals surface area contributed by atoms with Gasteiger partial charge in [-0.3, -0.25) is 4.98 Å². The monoisotopic (exact) mass is 309 g/mol. The predicted molar refractivity (Wildman–Crippen MR) is 83.6 cm³/mol. The topological polar surface area (TPSA) is 74.3 Å². The fourth-order valence-electron chi connectivity index (χ4n) is 3.20. The van der Waals surface area contributed by atoms with E-state index in [1.165, 1.54) is 11.4 Å². The average Bonchev–Trinajstić information content (AvgIpc) is 3.19. The Labute approximate surface area is 134 Å². The number of tetrazole rings is 1. The lowest BCUT2D eigenvalue weighted by Crippen LogP contribution is -2.25. The summed E-state index contributed by atoms with van der Waals surface area (Å²) >= 11 is 0. The molecule has 4 rings (SSSR count). The van der Waals surface area contributed by atoms with Crippen molar-refractivity contribution in [1.29, 1.82) is 0 Å². The summed E-state index contributed by atoms with van der Waals surface area (Å²) in [7, 11) is 0. The lowest BCUT2D eigenvalue weighted by molar-refractivity contribution is 0.306. The van der Waals surface area contributed by atoms with E-state index >= 15 is 0 Å². The van der Waals surface area contributed by atoms with Crippen LogP contribution in [-0.2, 0) is 25.9 Å². The summed E-state index contributed by atoms with van der Waals surface area (Å²) in [4.78, 5) is 8.72. The number of aryl methyl sites for hydroxylation is 2. The Morgan fingerprint density at radius 2 is 2.22 bits per heavy atom. The van der Waals surface area contributed by atoms with Crippen molar-refractivity contribution < 1.29 is 0 Å². The first kappa shape index (κ1) is 14.0. The third kappa shape index (κ3) is 2.86. The van der Waals surface area contributed by atoms with E-state index < -0.39 is 0 Å². The zero-order chi connectivity index (χ0) is 15.6. The Hall–Kier alpha value is -2.57. The maximum atomic E-state index is 4.38.